The number of hydrogen-bond acceptors (Lipinski definition) is 4. The van der Waals surface area contributed by atoms with Gasteiger partial charge in [0.05, 0.1) is 17.1 Å². The molecule has 2 aromatic heterocycles. The summed E-state index contributed by atoms with van der Waals surface area (Å²) in [5, 5.41) is 7.67. The maximum Gasteiger partial charge on any atom is 0.252 e. The minimum Gasteiger partial charge on any atom is -0.340 e. The molecule has 0 radical (unpaired) electrons. The number of aryl methyl sites for hydroxylation is 1. The molecule has 7 heteroatoms. The van der Waals surface area contributed by atoms with Crippen LogP contribution in [0.15, 0.2) is 42.7 Å². The number of nitrogens with zero attached hydrogens (tertiary/aromatic N) is 4. The van der Waals surface area contributed by atoms with Crippen LogP contribution >= 0.6 is 0 Å². The molecule has 0 spiro atoms. The molecule has 0 saturated carbocycles. The van der Waals surface area contributed by atoms with Crippen LogP contribution in [-0.4, -0.2) is 39.7 Å². The van der Waals surface area contributed by atoms with Gasteiger partial charge in [-0.1, -0.05) is 18.2 Å². The molecule has 0 aliphatic carbocycles. The number of aromatic nitrogens is 3. The van der Waals surface area contributed by atoms with Crippen LogP contribution in [0.4, 0.5) is 5.69 Å². The van der Waals surface area contributed by atoms with Crippen LogP contribution < -0.4 is 10.2 Å². The number of likely N-dealkylation sites (N-methyl/N-ethyl adjacent to an activating group) is 1. The molecule has 126 valence electrons. The Labute approximate surface area is 144 Å². The fourth-order valence-corrected chi connectivity index (χ4v) is 3.26. The largest absolute Gasteiger partial charge is 0.340 e. The van der Waals surface area contributed by atoms with Gasteiger partial charge in [-0.3, -0.25) is 14.3 Å². The molecule has 2 amide bonds. The highest BCUT2D eigenvalue weighted by atomic mass is 16.2. The fourth-order valence-electron chi connectivity index (χ4n) is 3.26. The Bertz CT molecular complexity index is 994. The summed E-state index contributed by atoms with van der Waals surface area (Å²) >= 11 is 0. The summed E-state index contributed by atoms with van der Waals surface area (Å²) in [6, 6.07) is 8.77. The van der Waals surface area contributed by atoms with Crippen molar-refractivity contribution in [2.45, 2.75) is 12.5 Å². The van der Waals surface area contributed by atoms with E-state index in [2.05, 4.69) is 15.4 Å². The third-order valence-electron chi connectivity index (χ3n) is 4.59. The highest BCUT2D eigenvalue weighted by molar-refractivity contribution is 6.08. The Morgan fingerprint density at radius 2 is 2.04 bits per heavy atom. The van der Waals surface area contributed by atoms with Gasteiger partial charge in [0.15, 0.2) is 5.65 Å². The molecule has 1 unspecified atom stereocenters. The predicted octanol–water partition coefficient (Wildman–Crippen LogP) is 1.29. The number of carbonyl (C=O) groups excluding carboxylic acids is 2. The standard InChI is InChI=1S/C18H17N5O2/c1-22-15-6-4-3-5-11(15)9-14(18(22)25)21-17(24)12-7-8-19-16-13(12)10-20-23(16)2/h3-8,10,14H,9H2,1-2H3,(H,21,24). The van der Waals surface area contributed by atoms with Crippen molar-refractivity contribution in [3.8, 4) is 0 Å². The van der Waals surface area contributed by atoms with E-state index in [1.54, 1.807) is 42.1 Å². The first-order valence-electron chi connectivity index (χ1n) is 7.99. The second-order valence-electron chi connectivity index (χ2n) is 6.12. The third kappa shape index (κ3) is 2.44. The molecule has 1 aromatic carbocycles. The number of fused-ring (bicyclic) bond motifs is 2. The lowest BCUT2D eigenvalue weighted by atomic mass is 9.97. The van der Waals surface area contributed by atoms with Crippen molar-refractivity contribution in [2.24, 2.45) is 7.05 Å². The lowest BCUT2D eigenvalue weighted by Gasteiger charge is -2.31. The summed E-state index contributed by atoms with van der Waals surface area (Å²) in [6.45, 7) is 0. The zero-order chi connectivity index (χ0) is 17.6. The van der Waals surface area contributed by atoms with Crippen LogP contribution in [0, 0.1) is 0 Å². The molecule has 0 fully saturated rings. The topological polar surface area (TPSA) is 80.1 Å². The quantitative estimate of drug-likeness (QED) is 0.765. The Balaban J connectivity index is 1.64. The number of pyridine rings is 1. The number of para-hydroxylation sites is 1. The van der Waals surface area contributed by atoms with Crippen LogP contribution in [-0.2, 0) is 18.3 Å². The van der Waals surface area contributed by atoms with E-state index < -0.39 is 6.04 Å². The van der Waals surface area contributed by atoms with Crippen molar-refractivity contribution in [3.63, 3.8) is 0 Å². The average Bonchev–Trinajstić information content (AvgIpc) is 3.01. The van der Waals surface area contributed by atoms with Crippen LogP contribution in [0.25, 0.3) is 11.0 Å². The molecule has 3 heterocycles. The zero-order valence-electron chi connectivity index (χ0n) is 13.9. The van der Waals surface area contributed by atoms with Crippen LogP contribution in [0.2, 0.25) is 0 Å². The molecule has 1 aliphatic rings. The van der Waals surface area contributed by atoms with Crippen molar-refractivity contribution in [2.75, 3.05) is 11.9 Å². The van der Waals surface area contributed by atoms with E-state index in [4.69, 9.17) is 0 Å². The first-order chi connectivity index (χ1) is 12.1. The van der Waals surface area contributed by atoms with Gasteiger partial charge in [0, 0.05) is 32.4 Å². The molecule has 0 bridgehead atoms. The van der Waals surface area contributed by atoms with Crippen LogP contribution in [0.1, 0.15) is 15.9 Å². The number of hydrogen-bond donors (Lipinski definition) is 1. The third-order valence-corrected chi connectivity index (χ3v) is 4.59. The fraction of sp³-hybridized carbons (Fsp3) is 0.222. The molecule has 1 atom stereocenters. The van der Waals surface area contributed by atoms with E-state index in [9.17, 15) is 9.59 Å². The Kier molecular flexibility index (Phi) is 3.49. The molecule has 7 nitrogen and oxygen atoms in total. The lowest BCUT2D eigenvalue weighted by molar-refractivity contribution is -0.120. The molecule has 1 aliphatic heterocycles. The van der Waals surface area contributed by atoms with Gasteiger partial charge < -0.3 is 10.2 Å². The van der Waals surface area contributed by atoms with Crippen molar-refractivity contribution in [1.82, 2.24) is 20.1 Å². The van der Waals surface area contributed by atoms with Gasteiger partial charge in [-0.25, -0.2) is 4.98 Å². The maximum absolute atomic E-state index is 12.8. The predicted molar refractivity (Wildman–Crippen MR) is 93.3 cm³/mol. The van der Waals surface area contributed by atoms with Gasteiger partial charge in [-0.15, -0.1) is 0 Å². The number of anilines is 1. The minimum absolute atomic E-state index is 0.122. The molecule has 4 rings (SSSR count). The Hall–Kier alpha value is -3.22. The van der Waals surface area contributed by atoms with Gasteiger partial charge in [0.25, 0.3) is 5.91 Å². The maximum atomic E-state index is 12.8. The van der Waals surface area contributed by atoms with Crippen molar-refractivity contribution in [1.29, 1.82) is 0 Å². The average molecular weight is 335 g/mol. The van der Waals surface area contributed by atoms with E-state index >= 15 is 0 Å². The van der Waals surface area contributed by atoms with Crippen molar-refractivity contribution >= 4 is 28.5 Å². The number of carbonyl (C=O) groups is 2. The molecule has 0 saturated heterocycles. The van der Waals surface area contributed by atoms with Crippen LogP contribution in [0.3, 0.4) is 0 Å². The van der Waals surface area contributed by atoms with Crippen molar-refractivity contribution in [3.05, 3.63) is 53.9 Å². The highest BCUT2D eigenvalue weighted by Gasteiger charge is 2.32. The first kappa shape index (κ1) is 15.3. The summed E-state index contributed by atoms with van der Waals surface area (Å²) in [7, 11) is 3.50. The molecule has 1 N–H and O–H groups in total. The first-order valence-corrected chi connectivity index (χ1v) is 7.99. The number of amides is 2. The van der Waals surface area contributed by atoms with Gasteiger partial charge >= 0.3 is 0 Å². The number of benzene rings is 1. The van der Waals surface area contributed by atoms with E-state index in [1.807, 2.05) is 24.3 Å². The molecule has 3 aromatic rings. The van der Waals surface area contributed by atoms with Crippen LogP contribution in [0.5, 0.6) is 0 Å². The highest BCUT2D eigenvalue weighted by Crippen LogP contribution is 2.26. The SMILES string of the molecule is CN1C(=O)C(NC(=O)c2ccnc3c2cnn3C)Cc2ccccc21. The molecular weight excluding hydrogens is 318 g/mol. The smallest absolute Gasteiger partial charge is 0.252 e. The lowest BCUT2D eigenvalue weighted by Crippen LogP contribution is -2.51. The second-order valence-corrected chi connectivity index (χ2v) is 6.12. The zero-order valence-corrected chi connectivity index (χ0v) is 13.9. The van der Waals surface area contributed by atoms with E-state index in [1.165, 1.54) is 0 Å². The Morgan fingerprint density at radius 1 is 1.24 bits per heavy atom. The van der Waals surface area contributed by atoms with E-state index in [0.717, 1.165) is 11.3 Å². The Morgan fingerprint density at radius 3 is 2.88 bits per heavy atom. The van der Waals surface area contributed by atoms with E-state index in [0.29, 0.717) is 23.0 Å². The summed E-state index contributed by atoms with van der Waals surface area (Å²) < 4.78 is 1.61. The molecular formula is C18H17N5O2. The van der Waals surface area contributed by atoms with Gasteiger partial charge in [0.1, 0.15) is 6.04 Å². The monoisotopic (exact) mass is 335 g/mol. The second kappa shape index (κ2) is 5.70. The van der Waals surface area contributed by atoms with Gasteiger partial charge in [0.2, 0.25) is 5.91 Å². The molecule has 25 heavy (non-hydrogen) atoms. The summed E-state index contributed by atoms with van der Waals surface area (Å²) in [5.41, 5.74) is 3.02. The normalized spacial score (nSPS) is 16.8. The minimum atomic E-state index is -0.590. The number of rotatable bonds is 2. The van der Waals surface area contributed by atoms with E-state index in [-0.39, 0.29) is 11.8 Å². The van der Waals surface area contributed by atoms with Gasteiger partial charge in [-0.05, 0) is 17.7 Å². The van der Waals surface area contributed by atoms with Gasteiger partial charge in [-0.2, -0.15) is 5.10 Å². The van der Waals surface area contributed by atoms with Crippen molar-refractivity contribution < 1.29 is 9.59 Å². The summed E-state index contributed by atoms with van der Waals surface area (Å²) in [6.07, 6.45) is 3.66. The summed E-state index contributed by atoms with van der Waals surface area (Å²) in [4.78, 5) is 31.2. The summed E-state index contributed by atoms with van der Waals surface area (Å²) in [5.74, 6) is -0.421. The number of nitrogens with one attached hydrogen (secondary N) is 1.